The summed E-state index contributed by atoms with van der Waals surface area (Å²) in [4.78, 5) is 0. The minimum absolute atomic E-state index is 0.101. The maximum atomic E-state index is 12.4. The zero-order valence-corrected chi connectivity index (χ0v) is 11.8. The van der Waals surface area contributed by atoms with Gasteiger partial charge in [0.15, 0.2) is 0 Å². The van der Waals surface area contributed by atoms with E-state index >= 15 is 0 Å². The van der Waals surface area contributed by atoms with Crippen LogP contribution in [0.25, 0.3) is 0 Å². The van der Waals surface area contributed by atoms with Gasteiger partial charge in [0, 0.05) is 12.4 Å². The first-order chi connectivity index (χ1) is 7.70. The summed E-state index contributed by atoms with van der Waals surface area (Å²) in [6, 6.07) is 0. The molecule has 2 unspecified atom stereocenters. The second kappa shape index (κ2) is 7.72. The lowest BCUT2D eigenvalue weighted by Crippen LogP contribution is -2.32. The molecule has 96 valence electrons. The third-order valence-electron chi connectivity index (χ3n) is 2.25. The van der Waals surface area contributed by atoms with E-state index in [1.165, 1.54) is 11.4 Å². The highest BCUT2D eigenvalue weighted by Crippen LogP contribution is 2.56. The minimum atomic E-state index is -2.76. The van der Waals surface area contributed by atoms with E-state index in [2.05, 4.69) is 12.0 Å². The van der Waals surface area contributed by atoms with E-state index in [0.717, 1.165) is 38.0 Å². The molecular weight excluding hydrogens is 245 g/mol. The first-order valence-electron chi connectivity index (χ1n) is 5.98. The lowest BCUT2D eigenvalue weighted by Gasteiger charge is -2.27. The summed E-state index contributed by atoms with van der Waals surface area (Å²) in [7, 11) is 0. The van der Waals surface area contributed by atoms with E-state index in [9.17, 15) is 4.57 Å². The van der Waals surface area contributed by atoms with Gasteiger partial charge in [-0.1, -0.05) is 18.3 Å². The minimum Gasteiger partial charge on any atom is -0.363 e. The van der Waals surface area contributed by atoms with Gasteiger partial charge in [-0.25, -0.2) is 5.09 Å². The lowest BCUT2D eigenvalue weighted by molar-refractivity contribution is 0.00744. The van der Waals surface area contributed by atoms with Gasteiger partial charge in [0.2, 0.25) is 0 Å². The summed E-state index contributed by atoms with van der Waals surface area (Å²) in [5.74, 6) is 0.844. The largest absolute Gasteiger partial charge is 0.363 e. The van der Waals surface area contributed by atoms with E-state index in [1.54, 1.807) is 0 Å². The Morgan fingerprint density at radius 3 is 2.88 bits per heavy atom. The zero-order chi connectivity index (χ0) is 11.9. The van der Waals surface area contributed by atoms with Crippen molar-refractivity contribution in [3.05, 3.63) is 0 Å². The van der Waals surface area contributed by atoms with Crippen molar-refractivity contribution >= 4 is 18.1 Å². The Hall–Kier alpha value is 0.460. The van der Waals surface area contributed by atoms with E-state index in [4.69, 9.17) is 9.26 Å². The smallest absolute Gasteiger partial charge is 0.328 e. The van der Waals surface area contributed by atoms with Gasteiger partial charge >= 0.3 is 6.72 Å². The standard InChI is InChI=1S/C10H22NO3PS/c1-3-9-16-15(12,14-4-2)11-10-7-5-6-8-13-10/h10H,3-9H2,1-2H3,(H,11,12). The molecule has 0 saturated carbocycles. The van der Waals surface area contributed by atoms with Crippen LogP contribution < -0.4 is 5.09 Å². The Morgan fingerprint density at radius 1 is 1.50 bits per heavy atom. The third-order valence-corrected chi connectivity index (χ3v) is 6.58. The van der Waals surface area contributed by atoms with E-state index in [0.29, 0.717) is 6.61 Å². The normalized spacial score (nSPS) is 25.2. The molecule has 16 heavy (non-hydrogen) atoms. The highest BCUT2D eigenvalue weighted by atomic mass is 32.7. The van der Waals surface area contributed by atoms with Crippen molar-refractivity contribution in [2.75, 3.05) is 19.0 Å². The Labute approximate surface area is 102 Å². The van der Waals surface area contributed by atoms with Crippen LogP contribution >= 0.6 is 18.1 Å². The summed E-state index contributed by atoms with van der Waals surface area (Å²) in [6.45, 7) is 2.39. The highest BCUT2D eigenvalue weighted by molar-refractivity contribution is 8.56. The average molecular weight is 267 g/mol. The van der Waals surface area contributed by atoms with Gasteiger partial charge in [0.05, 0.1) is 6.61 Å². The third kappa shape index (κ3) is 5.19. The average Bonchev–Trinajstić information content (AvgIpc) is 2.28. The van der Waals surface area contributed by atoms with Crippen LogP contribution in [0.2, 0.25) is 0 Å². The number of hydrogen-bond donors (Lipinski definition) is 1. The SMILES string of the molecule is CCCSP(=O)(NC1CCCCO1)OCC. The summed E-state index contributed by atoms with van der Waals surface area (Å²) >= 11 is 1.38. The summed E-state index contributed by atoms with van der Waals surface area (Å²) < 4.78 is 23.3. The van der Waals surface area contributed by atoms with Gasteiger partial charge in [-0.15, -0.1) is 0 Å². The molecule has 0 bridgehead atoms. The van der Waals surface area contributed by atoms with Crippen LogP contribution in [-0.2, 0) is 13.8 Å². The second-order valence-electron chi connectivity index (χ2n) is 3.73. The Bertz CT molecular complexity index is 234. The molecule has 1 fully saturated rings. The van der Waals surface area contributed by atoms with Crippen LogP contribution in [0.4, 0.5) is 0 Å². The molecule has 0 radical (unpaired) electrons. The number of ether oxygens (including phenoxy) is 1. The van der Waals surface area contributed by atoms with Crippen LogP contribution in [0.5, 0.6) is 0 Å². The van der Waals surface area contributed by atoms with Crippen molar-refractivity contribution < 1.29 is 13.8 Å². The Morgan fingerprint density at radius 2 is 2.31 bits per heavy atom. The predicted molar refractivity (Wildman–Crippen MR) is 68.7 cm³/mol. The predicted octanol–water partition coefficient (Wildman–Crippen LogP) is 3.39. The Balaban J connectivity index is 2.44. The molecule has 2 atom stereocenters. The number of hydrogen-bond acceptors (Lipinski definition) is 4. The van der Waals surface area contributed by atoms with Crippen molar-refractivity contribution in [1.29, 1.82) is 0 Å². The molecule has 1 saturated heterocycles. The fraction of sp³-hybridized carbons (Fsp3) is 1.00. The van der Waals surface area contributed by atoms with Crippen molar-refractivity contribution in [3.63, 3.8) is 0 Å². The molecule has 1 aliphatic rings. The molecule has 0 amide bonds. The molecule has 6 heteroatoms. The molecule has 1 heterocycles. The van der Waals surface area contributed by atoms with Crippen molar-refractivity contribution in [2.45, 2.75) is 45.8 Å². The molecule has 4 nitrogen and oxygen atoms in total. The summed E-state index contributed by atoms with van der Waals surface area (Å²) in [5.41, 5.74) is 0. The highest BCUT2D eigenvalue weighted by Gasteiger charge is 2.28. The van der Waals surface area contributed by atoms with Crippen LogP contribution in [0.1, 0.15) is 39.5 Å². The van der Waals surface area contributed by atoms with E-state index in [1.807, 2.05) is 6.92 Å². The quantitative estimate of drug-likeness (QED) is 0.716. The van der Waals surface area contributed by atoms with Gasteiger partial charge in [-0.2, -0.15) is 0 Å². The van der Waals surface area contributed by atoms with Crippen molar-refractivity contribution in [1.82, 2.24) is 5.09 Å². The molecule has 1 N–H and O–H groups in total. The monoisotopic (exact) mass is 267 g/mol. The topological polar surface area (TPSA) is 47.6 Å². The van der Waals surface area contributed by atoms with Gasteiger partial charge in [-0.3, -0.25) is 4.57 Å². The van der Waals surface area contributed by atoms with Crippen molar-refractivity contribution in [2.24, 2.45) is 0 Å². The maximum absolute atomic E-state index is 12.4. The second-order valence-corrected chi connectivity index (χ2v) is 8.13. The first-order valence-corrected chi connectivity index (χ1v) is 9.20. The van der Waals surface area contributed by atoms with Gasteiger partial charge in [0.25, 0.3) is 0 Å². The van der Waals surface area contributed by atoms with E-state index < -0.39 is 6.72 Å². The van der Waals surface area contributed by atoms with Gasteiger partial charge in [0.1, 0.15) is 6.23 Å². The summed E-state index contributed by atoms with van der Waals surface area (Å²) in [5, 5.41) is 3.04. The van der Waals surface area contributed by atoms with Gasteiger partial charge in [-0.05, 0) is 32.6 Å². The Kier molecular flexibility index (Phi) is 7.01. The fourth-order valence-corrected chi connectivity index (χ4v) is 5.44. The van der Waals surface area contributed by atoms with Gasteiger partial charge < -0.3 is 9.26 Å². The molecule has 1 aliphatic heterocycles. The zero-order valence-electron chi connectivity index (χ0n) is 10.1. The van der Waals surface area contributed by atoms with Crippen LogP contribution in [0.3, 0.4) is 0 Å². The molecule has 0 aromatic rings. The molecule has 0 aromatic carbocycles. The van der Waals surface area contributed by atoms with E-state index in [-0.39, 0.29) is 6.23 Å². The number of rotatable bonds is 7. The molecular formula is C10H22NO3PS. The fourth-order valence-electron chi connectivity index (χ4n) is 1.51. The molecule has 1 rings (SSSR count). The van der Waals surface area contributed by atoms with Crippen LogP contribution in [-0.4, -0.2) is 25.2 Å². The molecule has 0 aromatic heterocycles. The lowest BCUT2D eigenvalue weighted by atomic mass is 10.2. The van der Waals surface area contributed by atoms with Crippen LogP contribution in [0, 0.1) is 0 Å². The summed E-state index contributed by atoms with van der Waals surface area (Å²) in [6.07, 6.45) is 4.04. The molecule has 0 spiro atoms. The van der Waals surface area contributed by atoms with Crippen LogP contribution in [0.15, 0.2) is 0 Å². The maximum Gasteiger partial charge on any atom is 0.328 e. The molecule has 0 aliphatic carbocycles. The van der Waals surface area contributed by atoms with Crippen molar-refractivity contribution in [3.8, 4) is 0 Å². The first kappa shape index (κ1) is 14.5. The number of nitrogens with one attached hydrogen (secondary N) is 1.